The van der Waals surface area contributed by atoms with E-state index in [1.54, 1.807) is 23.1 Å². The van der Waals surface area contributed by atoms with Gasteiger partial charge in [-0.3, -0.25) is 9.59 Å². The van der Waals surface area contributed by atoms with Crippen molar-refractivity contribution >= 4 is 11.9 Å². The zero-order valence-corrected chi connectivity index (χ0v) is 11.7. The smallest absolute Gasteiger partial charge is 0.305 e. The highest BCUT2D eigenvalue weighted by atomic mass is 19.1. The predicted molar refractivity (Wildman–Crippen MR) is 74.3 cm³/mol. The fourth-order valence-electron chi connectivity index (χ4n) is 3.36. The van der Waals surface area contributed by atoms with Gasteiger partial charge in [-0.1, -0.05) is 18.2 Å². The molecule has 0 bridgehead atoms. The van der Waals surface area contributed by atoms with E-state index in [2.05, 4.69) is 0 Å². The average Bonchev–Trinajstić information content (AvgIpc) is 3.12. The fourth-order valence-corrected chi connectivity index (χ4v) is 3.36. The van der Waals surface area contributed by atoms with E-state index >= 15 is 0 Å². The molecular weight excluding hydrogens is 273 g/mol. The summed E-state index contributed by atoms with van der Waals surface area (Å²) < 4.78 is 14.0. The van der Waals surface area contributed by atoms with Crippen molar-refractivity contribution in [3.63, 3.8) is 0 Å². The van der Waals surface area contributed by atoms with Gasteiger partial charge >= 0.3 is 5.97 Å². The van der Waals surface area contributed by atoms with Gasteiger partial charge in [0.25, 0.3) is 0 Å². The topological polar surface area (TPSA) is 57.6 Å². The number of carbonyl (C=O) groups excluding carboxylic acids is 1. The minimum atomic E-state index is -0.893. The lowest BCUT2D eigenvalue weighted by atomic mass is 9.93. The molecule has 4 nitrogen and oxygen atoms in total. The maximum Gasteiger partial charge on any atom is 0.305 e. The third-order valence-corrected chi connectivity index (χ3v) is 4.60. The predicted octanol–water partition coefficient (Wildman–Crippen LogP) is 2.32. The van der Waals surface area contributed by atoms with Gasteiger partial charge in [0.2, 0.25) is 5.91 Å². The number of carbonyl (C=O) groups is 2. The van der Waals surface area contributed by atoms with Crippen LogP contribution in [0.3, 0.4) is 0 Å². The van der Waals surface area contributed by atoms with Gasteiger partial charge in [-0.05, 0) is 31.7 Å². The van der Waals surface area contributed by atoms with E-state index in [1.165, 1.54) is 6.07 Å². The minimum absolute atomic E-state index is 0.0287. The first-order valence-corrected chi connectivity index (χ1v) is 7.32. The van der Waals surface area contributed by atoms with Crippen LogP contribution in [-0.2, 0) is 15.0 Å². The number of amides is 1. The first-order valence-electron chi connectivity index (χ1n) is 7.32. The first-order chi connectivity index (χ1) is 10.0. The molecule has 1 atom stereocenters. The third-order valence-electron chi connectivity index (χ3n) is 4.60. The SMILES string of the molecule is O=C(O)CC1CCCN1C(=O)C1(c2ccccc2F)CC1. The number of halogens is 1. The van der Waals surface area contributed by atoms with Gasteiger partial charge in [0.1, 0.15) is 5.82 Å². The zero-order chi connectivity index (χ0) is 15.0. The quantitative estimate of drug-likeness (QED) is 0.926. The molecule has 0 spiro atoms. The van der Waals surface area contributed by atoms with Crippen molar-refractivity contribution in [2.75, 3.05) is 6.54 Å². The van der Waals surface area contributed by atoms with Crippen molar-refractivity contribution in [1.82, 2.24) is 4.90 Å². The summed E-state index contributed by atoms with van der Waals surface area (Å²) in [6, 6.07) is 6.15. The van der Waals surface area contributed by atoms with Crippen molar-refractivity contribution in [3.05, 3.63) is 35.6 Å². The van der Waals surface area contributed by atoms with E-state index in [9.17, 15) is 14.0 Å². The van der Waals surface area contributed by atoms with E-state index in [-0.39, 0.29) is 24.2 Å². The third kappa shape index (κ3) is 2.41. The molecule has 1 saturated heterocycles. The Morgan fingerprint density at radius 1 is 1.33 bits per heavy atom. The van der Waals surface area contributed by atoms with Crippen LogP contribution in [0.25, 0.3) is 0 Å². The Hall–Kier alpha value is -1.91. The summed E-state index contributed by atoms with van der Waals surface area (Å²) in [7, 11) is 0. The number of benzene rings is 1. The zero-order valence-electron chi connectivity index (χ0n) is 11.7. The summed E-state index contributed by atoms with van der Waals surface area (Å²) in [4.78, 5) is 25.4. The Labute approximate surface area is 122 Å². The fraction of sp³-hybridized carbons (Fsp3) is 0.500. The maximum atomic E-state index is 14.0. The maximum absolute atomic E-state index is 14.0. The first kappa shape index (κ1) is 14.0. The highest BCUT2D eigenvalue weighted by Gasteiger charge is 2.55. The van der Waals surface area contributed by atoms with Gasteiger partial charge < -0.3 is 10.0 Å². The molecule has 5 heteroatoms. The molecule has 0 aromatic heterocycles. The number of carboxylic acids is 1. The molecule has 1 aliphatic heterocycles. The number of likely N-dealkylation sites (tertiary alicyclic amines) is 1. The molecule has 21 heavy (non-hydrogen) atoms. The van der Waals surface area contributed by atoms with E-state index < -0.39 is 11.4 Å². The van der Waals surface area contributed by atoms with Crippen LogP contribution in [-0.4, -0.2) is 34.5 Å². The van der Waals surface area contributed by atoms with Gasteiger partial charge in [-0.2, -0.15) is 0 Å². The van der Waals surface area contributed by atoms with Crippen LogP contribution in [0.5, 0.6) is 0 Å². The number of carboxylic acid groups (broad SMARTS) is 1. The van der Waals surface area contributed by atoms with Crippen LogP contribution < -0.4 is 0 Å². The lowest BCUT2D eigenvalue weighted by Crippen LogP contribution is -2.43. The molecule has 2 fully saturated rings. The second kappa shape index (κ2) is 5.13. The Kier molecular flexibility index (Phi) is 3.43. The molecule has 1 saturated carbocycles. The summed E-state index contributed by atoms with van der Waals surface area (Å²) in [5.74, 6) is -1.34. The summed E-state index contributed by atoms with van der Waals surface area (Å²) in [5, 5.41) is 8.96. The molecule has 1 aromatic rings. The highest BCUT2D eigenvalue weighted by molar-refractivity contribution is 5.92. The Balaban J connectivity index is 1.85. The van der Waals surface area contributed by atoms with Gasteiger partial charge in [-0.15, -0.1) is 0 Å². The van der Waals surface area contributed by atoms with Crippen molar-refractivity contribution in [3.8, 4) is 0 Å². The van der Waals surface area contributed by atoms with E-state index in [4.69, 9.17) is 5.11 Å². The van der Waals surface area contributed by atoms with E-state index in [0.717, 1.165) is 6.42 Å². The largest absolute Gasteiger partial charge is 0.481 e. The number of hydrogen-bond donors (Lipinski definition) is 1. The van der Waals surface area contributed by atoms with Crippen LogP contribution in [0, 0.1) is 5.82 Å². The van der Waals surface area contributed by atoms with Crippen LogP contribution in [0.4, 0.5) is 4.39 Å². The number of rotatable bonds is 4. The molecular formula is C16H18FNO3. The number of nitrogens with zero attached hydrogens (tertiary/aromatic N) is 1. The van der Waals surface area contributed by atoms with Crippen molar-refractivity contribution in [1.29, 1.82) is 0 Å². The van der Waals surface area contributed by atoms with Crippen LogP contribution in [0.15, 0.2) is 24.3 Å². The van der Waals surface area contributed by atoms with Crippen molar-refractivity contribution in [2.24, 2.45) is 0 Å². The molecule has 1 N–H and O–H groups in total. The van der Waals surface area contributed by atoms with Gasteiger partial charge in [-0.25, -0.2) is 4.39 Å². The van der Waals surface area contributed by atoms with Gasteiger partial charge in [0.15, 0.2) is 0 Å². The molecule has 0 radical (unpaired) electrons. The molecule has 1 unspecified atom stereocenters. The molecule has 1 aromatic carbocycles. The Morgan fingerprint density at radius 2 is 2.05 bits per heavy atom. The summed E-state index contributed by atoms with van der Waals surface area (Å²) >= 11 is 0. The highest BCUT2D eigenvalue weighted by Crippen LogP contribution is 2.51. The van der Waals surface area contributed by atoms with E-state index in [0.29, 0.717) is 31.4 Å². The normalized spacial score (nSPS) is 23.1. The van der Waals surface area contributed by atoms with Crippen LogP contribution >= 0.6 is 0 Å². The molecule has 2 aliphatic rings. The monoisotopic (exact) mass is 291 g/mol. The van der Waals surface area contributed by atoms with Crippen LogP contribution in [0.2, 0.25) is 0 Å². The standard InChI is InChI=1S/C16H18FNO3/c17-13-6-2-1-5-12(13)16(7-8-16)15(21)18-9-3-4-11(18)10-14(19)20/h1-2,5-6,11H,3-4,7-10H2,(H,19,20). The van der Waals surface area contributed by atoms with Gasteiger partial charge in [0.05, 0.1) is 11.8 Å². The molecule has 3 rings (SSSR count). The Bertz CT molecular complexity index is 583. The molecule has 1 aliphatic carbocycles. The second-order valence-corrected chi connectivity index (χ2v) is 5.95. The lowest BCUT2D eigenvalue weighted by molar-refractivity contribution is -0.140. The molecule has 112 valence electrons. The molecule has 1 heterocycles. The minimum Gasteiger partial charge on any atom is -0.481 e. The summed E-state index contributed by atoms with van der Waals surface area (Å²) in [5.41, 5.74) is -0.303. The van der Waals surface area contributed by atoms with Crippen molar-refractivity contribution < 1.29 is 19.1 Å². The average molecular weight is 291 g/mol. The lowest BCUT2D eigenvalue weighted by Gasteiger charge is -2.28. The van der Waals surface area contributed by atoms with Crippen LogP contribution in [0.1, 0.15) is 37.7 Å². The number of aliphatic carboxylic acids is 1. The molecule has 1 amide bonds. The summed E-state index contributed by atoms with van der Waals surface area (Å²) in [6.45, 7) is 0.576. The van der Waals surface area contributed by atoms with Gasteiger partial charge in [0, 0.05) is 18.2 Å². The van der Waals surface area contributed by atoms with Crippen molar-refractivity contribution in [2.45, 2.75) is 43.6 Å². The Morgan fingerprint density at radius 3 is 2.67 bits per heavy atom. The number of hydrogen-bond acceptors (Lipinski definition) is 2. The van der Waals surface area contributed by atoms with E-state index in [1.807, 2.05) is 0 Å². The second-order valence-electron chi connectivity index (χ2n) is 5.95. The summed E-state index contributed by atoms with van der Waals surface area (Å²) in [6.07, 6.45) is 2.79.